The minimum Gasteiger partial charge on any atom is -0.378 e. The van der Waals surface area contributed by atoms with E-state index in [9.17, 15) is 0 Å². The third-order valence-corrected chi connectivity index (χ3v) is 4.11. The lowest BCUT2D eigenvalue weighted by Crippen LogP contribution is -2.61. The molecule has 3 atom stereocenters. The predicted octanol–water partition coefficient (Wildman–Crippen LogP) is 2.30. The van der Waals surface area contributed by atoms with Crippen LogP contribution in [0.25, 0.3) is 0 Å². The van der Waals surface area contributed by atoms with Crippen molar-refractivity contribution in [3.8, 4) is 0 Å². The zero-order chi connectivity index (χ0) is 12.9. The first-order valence-corrected chi connectivity index (χ1v) is 7.12. The Morgan fingerprint density at radius 2 is 2.06 bits per heavy atom. The van der Waals surface area contributed by atoms with Gasteiger partial charge in [0, 0.05) is 24.1 Å². The molecule has 0 aliphatic heterocycles. The number of hydrogen-bond donors (Lipinski definition) is 2. The quantitative estimate of drug-likeness (QED) is 0.686. The van der Waals surface area contributed by atoms with Gasteiger partial charge in [-0.25, -0.2) is 0 Å². The van der Waals surface area contributed by atoms with Gasteiger partial charge < -0.3 is 15.8 Å². The van der Waals surface area contributed by atoms with Crippen molar-refractivity contribution < 1.29 is 4.74 Å². The van der Waals surface area contributed by atoms with Crippen LogP contribution in [0.2, 0.25) is 0 Å². The Morgan fingerprint density at radius 1 is 1.35 bits per heavy atom. The molecule has 3 unspecified atom stereocenters. The van der Waals surface area contributed by atoms with Crippen molar-refractivity contribution in [3.63, 3.8) is 0 Å². The first kappa shape index (κ1) is 14.9. The van der Waals surface area contributed by atoms with Crippen LogP contribution < -0.4 is 11.1 Å². The first-order valence-electron chi connectivity index (χ1n) is 7.12. The number of ether oxygens (including phenoxy) is 1. The Balaban J connectivity index is 2.17. The summed E-state index contributed by atoms with van der Waals surface area (Å²) in [7, 11) is 0. The highest BCUT2D eigenvalue weighted by atomic mass is 16.5. The van der Waals surface area contributed by atoms with Gasteiger partial charge in [-0.1, -0.05) is 27.2 Å². The molecule has 0 amide bonds. The van der Waals surface area contributed by atoms with Crippen molar-refractivity contribution in [2.45, 2.75) is 71.6 Å². The van der Waals surface area contributed by atoms with Crippen LogP contribution in [0.4, 0.5) is 0 Å². The largest absolute Gasteiger partial charge is 0.378 e. The van der Waals surface area contributed by atoms with E-state index < -0.39 is 0 Å². The van der Waals surface area contributed by atoms with Gasteiger partial charge in [0.2, 0.25) is 0 Å². The van der Waals surface area contributed by atoms with Gasteiger partial charge in [-0.2, -0.15) is 0 Å². The fourth-order valence-electron chi connectivity index (χ4n) is 2.67. The molecule has 1 fully saturated rings. The summed E-state index contributed by atoms with van der Waals surface area (Å²) in [6.45, 7) is 10.7. The summed E-state index contributed by atoms with van der Waals surface area (Å²) in [5.41, 5.74) is 6.28. The number of nitrogens with two attached hydrogens (primary N) is 1. The molecule has 0 aromatic heterocycles. The Kier molecular flexibility index (Phi) is 5.90. The summed E-state index contributed by atoms with van der Waals surface area (Å²) < 4.78 is 5.72. The number of rotatable bonds is 8. The van der Waals surface area contributed by atoms with E-state index in [0.717, 1.165) is 32.4 Å². The van der Waals surface area contributed by atoms with Crippen LogP contribution in [-0.2, 0) is 4.74 Å². The Hall–Kier alpha value is -0.120. The van der Waals surface area contributed by atoms with E-state index in [0.29, 0.717) is 18.2 Å². The van der Waals surface area contributed by atoms with Gasteiger partial charge in [0.15, 0.2) is 0 Å². The fourth-order valence-corrected chi connectivity index (χ4v) is 2.67. The minimum absolute atomic E-state index is 0.269. The third kappa shape index (κ3) is 3.94. The SMILES string of the molecule is CCCC(N)CCNC1CC(OCC)C1(C)C. The van der Waals surface area contributed by atoms with E-state index in [1.807, 2.05) is 0 Å². The van der Waals surface area contributed by atoms with Crippen LogP contribution >= 0.6 is 0 Å². The lowest BCUT2D eigenvalue weighted by atomic mass is 9.64. The van der Waals surface area contributed by atoms with Crippen LogP contribution in [0.15, 0.2) is 0 Å². The molecular weight excluding hydrogens is 212 g/mol. The summed E-state index contributed by atoms with van der Waals surface area (Å²) in [4.78, 5) is 0. The van der Waals surface area contributed by atoms with E-state index in [1.165, 1.54) is 6.42 Å². The van der Waals surface area contributed by atoms with Crippen LogP contribution in [0, 0.1) is 5.41 Å². The molecule has 0 radical (unpaired) electrons. The molecule has 0 heterocycles. The van der Waals surface area contributed by atoms with E-state index in [4.69, 9.17) is 10.5 Å². The van der Waals surface area contributed by atoms with Crippen molar-refractivity contribution in [1.29, 1.82) is 0 Å². The predicted molar refractivity (Wildman–Crippen MR) is 73.1 cm³/mol. The normalized spacial score (nSPS) is 28.8. The summed E-state index contributed by atoms with van der Waals surface area (Å²) in [6.07, 6.45) is 4.97. The molecule has 0 spiro atoms. The van der Waals surface area contributed by atoms with Gasteiger partial charge >= 0.3 is 0 Å². The highest BCUT2D eigenvalue weighted by molar-refractivity contribution is 5.02. The van der Waals surface area contributed by atoms with Gasteiger partial charge in [-0.05, 0) is 32.7 Å². The van der Waals surface area contributed by atoms with E-state index in [1.54, 1.807) is 0 Å². The maximum Gasteiger partial charge on any atom is 0.0655 e. The second-order valence-corrected chi connectivity index (χ2v) is 5.85. The van der Waals surface area contributed by atoms with Crippen LogP contribution in [0.5, 0.6) is 0 Å². The number of hydrogen-bond acceptors (Lipinski definition) is 3. The van der Waals surface area contributed by atoms with Gasteiger partial charge in [0.25, 0.3) is 0 Å². The van der Waals surface area contributed by atoms with Crippen LogP contribution in [-0.4, -0.2) is 31.3 Å². The molecule has 102 valence electrons. The smallest absolute Gasteiger partial charge is 0.0655 e. The first-order chi connectivity index (χ1) is 8.02. The van der Waals surface area contributed by atoms with Gasteiger partial charge in [0.05, 0.1) is 6.10 Å². The second-order valence-electron chi connectivity index (χ2n) is 5.85. The van der Waals surface area contributed by atoms with E-state index in [2.05, 4.69) is 33.0 Å². The standard InChI is InChI=1S/C14H30N2O/c1-5-7-11(15)8-9-16-12-10-13(17-6-2)14(12,3)4/h11-13,16H,5-10,15H2,1-4H3. The zero-order valence-electron chi connectivity index (χ0n) is 12.0. The Labute approximate surface area is 106 Å². The van der Waals surface area contributed by atoms with Gasteiger partial charge in [-0.3, -0.25) is 0 Å². The summed E-state index contributed by atoms with van der Waals surface area (Å²) >= 11 is 0. The van der Waals surface area contributed by atoms with Crippen molar-refractivity contribution in [2.24, 2.45) is 11.1 Å². The average Bonchev–Trinajstić information content (AvgIpc) is 2.27. The minimum atomic E-state index is 0.269. The average molecular weight is 242 g/mol. The molecule has 17 heavy (non-hydrogen) atoms. The topological polar surface area (TPSA) is 47.3 Å². The second kappa shape index (κ2) is 6.72. The summed E-state index contributed by atoms with van der Waals surface area (Å²) in [6, 6.07) is 0.950. The Bertz CT molecular complexity index is 218. The molecule has 1 aliphatic carbocycles. The third-order valence-electron chi connectivity index (χ3n) is 4.11. The lowest BCUT2D eigenvalue weighted by Gasteiger charge is -2.52. The zero-order valence-corrected chi connectivity index (χ0v) is 12.0. The van der Waals surface area contributed by atoms with Crippen LogP contribution in [0.3, 0.4) is 0 Å². The van der Waals surface area contributed by atoms with E-state index in [-0.39, 0.29) is 5.41 Å². The molecule has 1 aliphatic rings. The van der Waals surface area contributed by atoms with Gasteiger partial charge in [-0.15, -0.1) is 0 Å². The van der Waals surface area contributed by atoms with E-state index >= 15 is 0 Å². The molecule has 0 bridgehead atoms. The monoisotopic (exact) mass is 242 g/mol. The number of nitrogens with one attached hydrogen (secondary N) is 1. The Morgan fingerprint density at radius 3 is 2.59 bits per heavy atom. The van der Waals surface area contributed by atoms with Crippen molar-refractivity contribution in [3.05, 3.63) is 0 Å². The molecule has 0 aromatic rings. The fraction of sp³-hybridized carbons (Fsp3) is 1.00. The van der Waals surface area contributed by atoms with Crippen LogP contribution in [0.1, 0.15) is 53.4 Å². The summed E-state index contributed by atoms with van der Waals surface area (Å²) in [5, 5.41) is 3.63. The van der Waals surface area contributed by atoms with Crippen molar-refractivity contribution >= 4 is 0 Å². The summed E-state index contributed by atoms with van der Waals surface area (Å²) in [5.74, 6) is 0. The van der Waals surface area contributed by atoms with Crippen molar-refractivity contribution in [2.75, 3.05) is 13.2 Å². The highest BCUT2D eigenvalue weighted by Gasteiger charge is 2.48. The molecule has 3 nitrogen and oxygen atoms in total. The molecule has 0 aromatic carbocycles. The van der Waals surface area contributed by atoms with Crippen molar-refractivity contribution in [1.82, 2.24) is 5.32 Å². The maximum absolute atomic E-state index is 6.01. The molecule has 1 saturated carbocycles. The lowest BCUT2D eigenvalue weighted by molar-refractivity contribution is -0.114. The highest BCUT2D eigenvalue weighted by Crippen LogP contribution is 2.42. The molecular formula is C14H30N2O. The van der Waals surface area contributed by atoms with Gasteiger partial charge in [0.1, 0.15) is 0 Å². The molecule has 3 N–H and O–H groups in total. The molecule has 3 heteroatoms. The molecule has 1 rings (SSSR count). The molecule has 0 saturated heterocycles. The maximum atomic E-state index is 6.01.